The zero-order valence-corrected chi connectivity index (χ0v) is 21.9. The number of carbonyl (C=O) groups excluding carboxylic acids is 1. The van der Waals surface area contributed by atoms with Gasteiger partial charge in [-0.15, -0.1) is 0 Å². The molecule has 13 heteroatoms. The highest BCUT2D eigenvalue weighted by atomic mass is 19.2. The first-order chi connectivity index (χ1) is 19.4. The van der Waals surface area contributed by atoms with Crippen LogP contribution in [0.2, 0.25) is 0 Å². The van der Waals surface area contributed by atoms with Crippen molar-refractivity contribution in [2.45, 2.75) is 19.3 Å². The Morgan fingerprint density at radius 3 is 2.80 bits per heavy atom. The molecule has 0 bridgehead atoms. The molecule has 0 atom stereocenters. The highest BCUT2D eigenvalue weighted by Gasteiger charge is 2.27. The summed E-state index contributed by atoms with van der Waals surface area (Å²) < 4.78 is 34.3. The molecule has 40 heavy (non-hydrogen) atoms. The molecule has 1 fully saturated rings. The quantitative estimate of drug-likeness (QED) is 0.262. The largest absolute Gasteiger partial charge is 0.493 e. The lowest BCUT2D eigenvalue weighted by molar-refractivity contribution is -0.118. The first-order valence-corrected chi connectivity index (χ1v) is 13.2. The summed E-state index contributed by atoms with van der Waals surface area (Å²) in [6.45, 7) is 3.53. The Bertz CT molecular complexity index is 1380. The average Bonchev–Trinajstić information content (AvgIpc) is 3.33. The van der Waals surface area contributed by atoms with Crippen molar-refractivity contribution in [2.24, 2.45) is 11.7 Å². The molecular formula is C27H32F2N8O3. The van der Waals surface area contributed by atoms with Gasteiger partial charge in [0.15, 0.2) is 11.6 Å². The highest BCUT2D eigenvalue weighted by molar-refractivity contribution is 5.90. The minimum atomic E-state index is -1.08. The van der Waals surface area contributed by atoms with E-state index >= 15 is 0 Å². The molecule has 1 saturated heterocycles. The van der Waals surface area contributed by atoms with E-state index in [2.05, 4.69) is 25.6 Å². The number of aromatic nitrogens is 2. The predicted molar refractivity (Wildman–Crippen MR) is 145 cm³/mol. The first-order valence-electron chi connectivity index (χ1n) is 13.2. The molecule has 0 aliphatic carbocycles. The molecule has 3 aromatic rings. The number of hydrogen-bond acceptors (Lipinski definition) is 10. The number of hydrazine groups is 2. The molecule has 5 rings (SSSR count). The number of amides is 1. The second kappa shape index (κ2) is 12.3. The normalized spacial score (nSPS) is 16.2. The van der Waals surface area contributed by atoms with Crippen LogP contribution in [0.1, 0.15) is 19.3 Å². The number of hydrogen-bond donors (Lipinski definition) is 4. The fraction of sp³-hybridized carbons (Fsp3) is 0.370. The first kappa shape index (κ1) is 27.3. The van der Waals surface area contributed by atoms with Crippen LogP contribution >= 0.6 is 0 Å². The van der Waals surface area contributed by atoms with Gasteiger partial charge in [-0.05, 0) is 62.5 Å². The number of nitrogens with one attached hydrogen (secondary N) is 2. The molecule has 0 unspecified atom stereocenters. The number of halogens is 2. The van der Waals surface area contributed by atoms with E-state index < -0.39 is 17.5 Å². The van der Waals surface area contributed by atoms with Gasteiger partial charge in [-0.2, -0.15) is 5.12 Å². The van der Waals surface area contributed by atoms with Crippen LogP contribution in [0.4, 0.5) is 20.3 Å². The van der Waals surface area contributed by atoms with Gasteiger partial charge in [0.1, 0.15) is 35.9 Å². The second-order valence-electron chi connectivity index (χ2n) is 9.80. The van der Waals surface area contributed by atoms with E-state index in [1.165, 1.54) is 34.8 Å². The Labute approximate surface area is 230 Å². The Morgan fingerprint density at radius 1 is 1.20 bits per heavy atom. The van der Waals surface area contributed by atoms with Gasteiger partial charge in [0.05, 0.1) is 18.3 Å². The number of aliphatic hydroxyl groups is 1. The fourth-order valence-electron chi connectivity index (χ4n) is 4.83. The predicted octanol–water partition coefficient (Wildman–Crippen LogP) is 2.32. The van der Waals surface area contributed by atoms with Gasteiger partial charge in [0.2, 0.25) is 5.91 Å². The zero-order valence-electron chi connectivity index (χ0n) is 21.9. The summed E-state index contributed by atoms with van der Waals surface area (Å²) in [4.78, 5) is 22.7. The second-order valence-corrected chi connectivity index (χ2v) is 9.80. The Morgan fingerprint density at radius 2 is 2.02 bits per heavy atom. The summed E-state index contributed by atoms with van der Waals surface area (Å²) in [6.07, 6.45) is 5.88. The number of nitrogens with zero attached hydrogens (tertiary/aromatic N) is 5. The van der Waals surface area contributed by atoms with Crippen molar-refractivity contribution in [1.82, 2.24) is 25.3 Å². The summed E-state index contributed by atoms with van der Waals surface area (Å²) in [6, 6.07) is 9.26. The number of nitrogens with two attached hydrogens (primary N) is 1. The third-order valence-corrected chi connectivity index (χ3v) is 6.95. The molecule has 0 saturated carbocycles. The van der Waals surface area contributed by atoms with Gasteiger partial charge in [-0.3, -0.25) is 15.2 Å². The van der Waals surface area contributed by atoms with Crippen molar-refractivity contribution < 1.29 is 23.4 Å². The number of rotatable bonds is 11. The molecule has 2 aliphatic heterocycles. The number of benzene rings is 2. The monoisotopic (exact) mass is 554 g/mol. The van der Waals surface area contributed by atoms with Crippen LogP contribution in [0.25, 0.3) is 10.9 Å². The maximum absolute atomic E-state index is 14.5. The standard InChI is InChI=1S/C27H32F2N8O3/c28-21-3-1-4-23(26(21)29)37-34-25(15-36(37)14-24(30)39)33-27-20-6-5-19(13-22(20)31-17-32-27)40-12-2-9-35-10-7-18(16-38)8-11-35/h1,3-6,13,15,17-18,34,38H,2,7-12,14,16H2,(H2,30,39)(H,31,32,33). The number of aliphatic hydroxyl groups excluding tert-OH is 1. The number of carbonyl (C=O) groups is 1. The van der Waals surface area contributed by atoms with Crippen LogP contribution in [0, 0.1) is 17.6 Å². The molecule has 1 amide bonds. The summed E-state index contributed by atoms with van der Waals surface area (Å²) in [5, 5.41) is 15.6. The van der Waals surface area contributed by atoms with Crippen LogP contribution < -0.4 is 26.3 Å². The molecule has 0 spiro atoms. The van der Waals surface area contributed by atoms with Crippen molar-refractivity contribution >= 4 is 28.3 Å². The molecule has 0 radical (unpaired) electrons. The van der Waals surface area contributed by atoms with Gasteiger partial charge in [-0.1, -0.05) is 6.07 Å². The van der Waals surface area contributed by atoms with E-state index in [0.29, 0.717) is 40.8 Å². The summed E-state index contributed by atoms with van der Waals surface area (Å²) >= 11 is 0. The summed E-state index contributed by atoms with van der Waals surface area (Å²) in [7, 11) is 0. The summed E-state index contributed by atoms with van der Waals surface area (Å²) in [5.74, 6) is -0.832. The molecule has 3 heterocycles. The minimum absolute atomic E-state index is 0.127. The van der Waals surface area contributed by atoms with Crippen LogP contribution in [0.15, 0.2) is 54.7 Å². The van der Waals surface area contributed by atoms with Crippen molar-refractivity contribution in [1.29, 1.82) is 0 Å². The van der Waals surface area contributed by atoms with Crippen molar-refractivity contribution in [3.63, 3.8) is 0 Å². The highest BCUT2D eigenvalue weighted by Crippen LogP contribution is 2.28. The maximum atomic E-state index is 14.5. The van der Waals surface area contributed by atoms with Crippen LogP contribution in [0.5, 0.6) is 5.75 Å². The van der Waals surface area contributed by atoms with Gasteiger partial charge < -0.3 is 25.8 Å². The Kier molecular flexibility index (Phi) is 8.41. The average molecular weight is 555 g/mol. The third-order valence-electron chi connectivity index (χ3n) is 6.95. The Hall–Kier alpha value is -4.23. The fourth-order valence-corrected chi connectivity index (χ4v) is 4.83. The minimum Gasteiger partial charge on any atom is -0.493 e. The third kappa shape index (κ3) is 6.32. The molecule has 2 aliphatic rings. The number of anilines is 2. The van der Waals surface area contributed by atoms with Crippen molar-refractivity contribution in [3.8, 4) is 5.75 Å². The molecule has 212 valence electrons. The molecule has 11 nitrogen and oxygen atoms in total. The SMILES string of the molecule is NC(=O)CN1C=C(Nc2ncnc3cc(OCCCN4CCC(CO)CC4)ccc23)NN1c1cccc(F)c1F. The van der Waals surface area contributed by atoms with Gasteiger partial charge >= 0.3 is 0 Å². The lowest BCUT2D eigenvalue weighted by Crippen LogP contribution is -2.47. The van der Waals surface area contributed by atoms with Gasteiger partial charge in [-0.25, -0.2) is 18.7 Å². The number of likely N-dealkylation sites (tertiary alicyclic amines) is 1. The van der Waals surface area contributed by atoms with E-state index in [4.69, 9.17) is 10.5 Å². The van der Waals surface area contributed by atoms with Crippen molar-refractivity contribution in [2.75, 3.05) is 49.8 Å². The van der Waals surface area contributed by atoms with Crippen LogP contribution in [0.3, 0.4) is 0 Å². The van der Waals surface area contributed by atoms with E-state index in [1.807, 2.05) is 18.2 Å². The van der Waals surface area contributed by atoms with Crippen LogP contribution in [-0.2, 0) is 4.79 Å². The van der Waals surface area contributed by atoms with Crippen LogP contribution in [-0.4, -0.2) is 70.3 Å². The van der Waals surface area contributed by atoms with E-state index in [-0.39, 0.29) is 18.8 Å². The number of piperidine rings is 1. The smallest absolute Gasteiger partial charge is 0.239 e. The molecular weight excluding hydrogens is 522 g/mol. The van der Waals surface area contributed by atoms with Gasteiger partial charge in [0.25, 0.3) is 0 Å². The summed E-state index contributed by atoms with van der Waals surface area (Å²) in [5.41, 5.74) is 8.81. The maximum Gasteiger partial charge on any atom is 0.239 e. The Balaban J connectivity index is 1.23. The van der Waals surface area contributed by atoms with Crippen molar-refractivity contribution in [3.05, 3.63) is 66.4 Å². The number of primary amides is 1. The van der Waals surface area contributed by atoms with E-state index in [0.717, 1.165) is 45.0 Å². The lowest BCUT2D eigenvalue weighted by Gasteiger charge is -2.30. The van der Waals surface area contributed by atoms with Gasteiger partial charge in [0, 0.05) is 24.6 Å². The van der Waals surface area contributed by atoms with E-state index in [9.17, 15) is 18.7 Å². The lowest BCUT2D eigenvalue weighted by atomic mass is 9.98. The molecule has 2 aromatic carbocycles. The molecule has 1 aromatic heterocycles. The number of ether oxygens (including phenoxy) is 1. The zero-order chi connectivity index (χ0) is 28.1. The number of fused-ring (bicyclic) bond motifs is 1. The topological polar surface area (TPSA) is 132 Å². The van der Waals surface area contributed by atoms with E-state index in [1.54, 1.807) is 0 Å². The molecule has 5 N–H and O–H groups in total.